The molecule has 0 aliphatic carbocycles. The molecular weight excluding hydrogens is 202 g/mol. The van der Waals surface area contributed by atoms with E-state index in [1.807, 2.05) is 26.1 Å². The van der Waals surface area contributed by atoms with Crippen molar-refractivity contribution in [1.82, 2.24) is 10.2 Å². The first-order valence-electron chi connectivity index (χ1n) is 5.33. The highest BCUT2D eigenvalue weighted by Gasteiger charge is 2.14. The highest BCUT2D eigenvalue weighted by atomic mass is 16.2. The monoisotopic (exact) mass is 221 g/mol. The maximum Gasteiger partial charge on any atom is 0.253 e. The van der Waals surface area contributed by atoms with Crippen molar-refractivity contribution in [2.24, 2.45) is 0 Å². The standard InChI is InChI=1S/C12H19N3O/c1-9-10(5-4-6-11(9)13)12(16)15(3)8-7-14-2/h4-6,14H,7-8,13H2,1-3H3. The fourth-order valence-corrected chi connectivity index (χ4v) is 1.47. The second kappa shape index (κ2) is 5.51. The number of anilines is 1. The molecule has 4 heteroatoms. The molecule has 0 saturated carbocycles. The topological polar surface area (TPSA) is 58.4 Å². The van der Waals surface area contributed by atoms with Crippen molar-refractivity contribution in [2.75, 3.05) is 32.9 Å². The number of nitrogen functional groups attached to an aromatic ring is 1. The van der Waals surface area contributed by atoms with Crippen LogP contribution >= 0.6 is 0 Å². The van der Waals surface area contributed by atoms with Gasteiger partial charge < -0.3 is 16.0 Å². The van der Waals surface area contributed by atoms with E-state index in [1.165, 1.54) is 0 Å². The Hall–Kier alpha value is -1.55. The maximum atomic E-state index is 12.1. The molecule has 88 valence electrons. The molecule has 0 atom stereocenters. The normalized spacial score (nSPS) is 10.2. The quantitative estimate of drug-likeness (QED) is 0.742. The number of hydrogen-bond acceptors (Lipinski definition) is 3. The summed E-state index contributed by atoms with van der Waals surface area (Å²) in [7, 11) is 3.66. The van der Waals surface area contributed by atoms with Gasteiger partial charge in [-0.05, 0) is 31.7 Å². The Labute approximate surface area is 96.4 Å². The van der Waals surface area contributed by atoms with E-state index in [1.54, 1.807) is 18.0 Å². The molecule has 0 aliphatic heterocycles. The third-order valence-electron chi connectivity index (χ3n) is 2.65. The van der Waals surface area contributed by atoms with Gasteiger partial charge in [-0.25, -0.2) is 0 Å². The van der Waals surface area contributed by atoms with Crippen LogP contribution in [-0.2, 0) is 0 Å². The second-order valence-corrected chi connectivity index (χ2v) is 3.85. The minimum atomic E-state index is 0.0139. The number of nitrogens with two attached hydrogens (primary N) is 1. The highest BCUT2D eigenvalue weighted by molar-refractivity contribution is 5.96. The Morgan fingerprint density at radius 2 is 2.19 bits per heavy atom. The molecule has 1 amide bonds. The summed E-state index contributed by atoms with van der Waals surface area (Å²) < 4.78 is 0. The summed E-state index contributed by atoms with van der Waals surface area (Å²) in [6, 6.07) is 5.42. The van der Waals surface area contributed by atoms with Crippen LogP contribution in [0.5, 0.6) is 0 Å². The predicted molar refractivity (Wildman–Crippen MR) is 66.5 cm³/mol. The largest absolute Gasteiger partial charge is 0.398 e. The van der Waals surface area contributed by atoms with Crippen molar-refractivity contribution in [3.63, 3.8) is 0 Å². The summed E-state index contributed by atoms with van der Waals surface area (Å²) in [4.78, 5) is 13.8. The summed E-state index contributed by atoms with van der Waals surface area (Å²) in [5.41, 5.74) is 7.97. The Bertz CT molecular complexity index is 377. The van der Waals surface area contributed by atoms with E-state index in [9.17, 15) is 4.79 Å². The molecule has 0 radical (unpaired) electrons. The van der Waals surface area contributed by atoms with Crippen molar-refractivity contribution in [3.8, 4) is 0 Å². The summed E-state index contributed by atoms with van der Waals surface area (Å²) >= 11 is 0. The molecule has 0 aliphatic rings. The van der Waals surface area contributed by atoms with Crippen molar-refractivity contribution < 1.29 is 4.79 Å². The van der Waals surface area contributed by atoms with Crippen LogP contribution in [0.1, 0.15) is 15.9 Å². The summed E-state index contributed by atoms with van der Waals surface area (Å²) in [6.07, 6.45) is 0. The number of nitrogens with zero attached hydrogens (tertiary/aromatic N) is 1. The zero-order valence-corrected chi connectivity index (χ0v) is 10.1. The van der Waals surface area contributed by atoms with Gasteiger partial charge in [0.25, 0.3) is 5.91 Å². The van der Waals surface area contributed by atoms with Gasteiger partial charge in [-0.2, -0.15) is 0 Å². The number of amides is 1. The van der Waals surface area contributed by atoms with E-state index >= 15 is 0 Å². The van der Waals surface area contributed by atoms with Crippen LogP contribution < -0.4 is 11.1 Å². The molecule has 0 saturated heterocycles. The predicted octanol–water partition coefficient (Wildman–Crippen LogP) is 0.869. The zero-order valence-electron chi connectivity index (χ0n) is 10.1. The molecule has 1 aromatic rings. The Balaban J connectivity index is 2.84. The molecule has 1 aromatic carbocycles. The van der Waals surface area contributed by atoms with Gasteiger partial charge in [-0.15, -0.1) is 0 Å². The van der Waals surface area contributed by atoms with Crippen LogP contribution in [-0.4, -0.2) is 38.0 Å². The van der Waals surface area contributed by atoms with Gasteiger partial charge in [0.2, 0.25) is 0 Å². The van der Waals surface area contributed by atoms with Crippen molar-refractivity contribution >= 4 is 11.6 Å². The minimum absolute atomic E-state index is 0.0139. The molecule has 3 N–H and O–H groups in total. The highest BCUT2D eigenvalue weighted by Crippen LogP contribution is 2.16. The number of carbonyl (C=O) groups excluding carboxylic acids is 1. The molecule has 4 nitrogen and oxygen atoms in total. The molecule has 16 heavy (non-hydrogen) atoms. The average molecular weight is 221 g/mol. The molecule has 0 fully saturated rings. The van der Waals surface area contributed by atoms with E-state index in [0.717, 1.165) is 12.1 Å². The number of carbonyl (C=O) groups is 1. The summed E-state index contributed by atoms with van der Waals surface area (Å²) in [5.74, 6) is 0.0139. The zero-order chi connectivity index (χ0) is 12.1. The third kappa shape index (κ3) is 2.73. The second-order valence-electron chi connectivity index (χ2n) is 3.85. The number of hydrogen-bond donors (Lipinski definition) is 2. The lowest BCUT2D eigenvalue weighted by Gasteiger charge is -2.18. The number of benzene rings is 1. The fraction of sp³-hybridized carbons (Fsp3) is 0.417. The molecule has 1 rings (SSSR count). The first-order valence-corrected chi connectivity index (χ1v) is 5.33. The van der Waals surface area contributed by atoms with E-state index in [2.05, 4.69) is 5.32 Å². The first-order chi connectivity index (χ1) is 7.57. The smallest absolute Gasteiger partial charge is 0.253 e. The van der Waals surface area contributed by atoms with E-state index in [0.29, 0.717) is 17.8 Å². The molecule has 0 bridgehead atoms. The van der Waals surface area contributed by atoms with Crippen LogP contribution in [0, 0.1) is 6.92 Å². The van der Waals surface area contributed by atoms with Gasteiger partial charge in [0.15, 0.2) is 0 Å². The minimum Gasteiger partial charge on any atom is -0.398 e. The van der Waals surface area contributed by atoms with Gasteiger partial charge in [0.1, 0.15) is 0 Å². The SMILES string of the molecule is CNCCN(C)C(=O)c1cccc(N)c1C. The first kappa shape index (κ1) is 12.5. The van der Waals surface area contributed by atoms with E-state index in [4.69, 9.17) is 5.73 Å². The molecule has 0 heterocycles. The maximum absolute atomic E-state index is 12.1. The lowest BCUT2D eigenvalue weighted by molar-refractivity contribution is 0.0796. The van der Waals surface area contributed by atoms with Crippen LogP contribution in [0.4, 0.5) is 5.69 Å². The summed E-state index contributed by atoms with van der Waals surface area (Å²) in [5, 5.41) is 3.01. The van der Waals surface area contributed by atoms with Gasteiger partial charge >= 0.3 is 0 Å². The van der Waals surface area contributed by atoms with Crippen molar-refractivity contribution in [3.05, 3.63) is 29.3 Å². The van der Waals surface area contributed by atoms with Gasteiger partial charge in [-0.3, -0.25) is 4.79 Å². The van der Waals surface area contributed by atoms with Crippen LogP contribution in [0.25, 0.3) is 0 Å². The molecule has 0 unspecified atom stereocenters. The number of likely N-dealkylation sites (N-methyl/N-ethyl adjacent to an activating group) is 2. The van der Waals surface area contributed by atoms with Gasteiger partial charge in [0, 0.05) is 31.4 Å². The van der Waals surface area contributed by atoms with Gasteiger partial charge in [-0.1, -0.05) is 6.07 Å². The van der Waals surface area contributed by atoms with Crippen LogP contribution in [0.3, 0.4) is 0 Å². The van der Waals surface area contributed by atoms with Gasteiger partial charge in [0.05, 0.1) is 0 Å². The molecular formula is C12H19N3O. The third-order valence-corrected chi connectivity index (χ3v) is 2.65. The average Bonchev–Trinajstić information content (AvgIpc) is 2.28. The van der Waals surface area contributed by atoms with Crippen molar-refractivity contribution in [2.45, 2.75) is 6.92 Å². The van der Waals surface area contributed by atoms with Crippen molar-refractivity contribution in [1.29, 1.82) is 0 Å². The molecule has 0 spiro atoms. The Morgan fingerprint density at radius 1 is 1.50 bits per heavy atom. The fourth-order valence-electron chi connectivity index (χ4n) is 1.47. The van der Waals surface area contributed by atoms with E-state index in [-0.39, 0.29) is 5.91 Å². The Kier molecular flexibility index (Phi) is 4.31. The van der Waals surface area contributed by atoms with Crippen LogP contribution in [0.15, 0.2) is 18.2 Å². The number of rotatable bonds is 4. The van der Waals surface area contributed by atoms with E-state index < -0.39 is 0 Å². The number of nitrogens with one attached hydrogen (secondary N) is 1. The molecule has 0 aromatic heterocycles. The van der Waals surface area contributed by atoms with Crippen LogP contribution in [0.2, 0.25) is 0 Å². The Morgan fingerprint density at radius 3 is 2.81 bits per heavy atom. The lowest BCUT2D eigenvalue weighted by Crippen LogP contribution is -2.33. The summed E-state index contributed by atoms with van der Waals surface area (Å²) in [6.45, 7) is 3.33. The lowest BCUT2D eigenvalue weighted by atomic mass is 10.1.